The Balaban J connectivity index is 2.84. The Labute approximate surface area is 53.1 Å². The normalized spacial score (nSPS) is 9.75. The second kappa shape index (κ2) is 2.24. The molecule has 2 N–H and O–H groups in total. The quantitative estimate of drug-likeness (QED) is 0.556. The van der Waals surface area contributed by atoms with Crippen molar-refractivity contribution in [1.29, 1.82) is 0 Å². The van der Waals surface area contributed by atoms with Crippen LogP contribution in [0, 0.1) is 0 Å². The minimum absolute atomic E-state index is 0.445. The maximum Gasteiger partial charge on any atom is 0.157 e. The van der Waals surface area contributed by atoms with E-state index >= 15 is 0 Å². The predicted molar refractivity (Wildman–Crippen MR) is 33.9 cm³/mol. The molecule has 0 radical (unpaired) electrons. The molecular formula is C5H7NOS. The first kappa shape index (κ1) is 5.72. The molecule has 0 aliphatic rings. The van der Waals surface area contributed by atoms with Crippen molar-refractivity contribution in [1.82, 2.24) is 0 Å². The van der Waals surface area contributed by atoms with Gasteiger partial charge in [0.05, 0.1) is 6.54 Å². The van der Waals surface area contributed by atoms with Gasteiger partial charge >= 0.3 is 0 Å². The Bertz CT molecular complexity index is 173. The Hall–Kier alpha value is -0.410. The van der Waals surface area contributed by atoms with Crippen molar-refractivity contribution in [2.75, 3.05) is 0 Å². The highest BCUT2D eigenvalue weighted by molar-refractivity contribution is 7.80. The number of nitrogens with two attached hydrogens (primary N) is 1. The fourth-order valence-corrected chi connectivity index (χ4v) is 0.668. The zero-order valence-electron chi connectivity index (χ0n) is 4.29. The first-order chi connectivity index (χ1) is 3.83. The van der Waals surface area contributed by atoms with Gasteiger partial charge < -0.3 is 10.2 Å². The Kier molecular flexibility index (Phi) is 1.60. The molecule has 2 nitrogen and oxygen atoms in total. The lowest BCUT2D eigenvalue weighted by Gasteiger charge is -1.82. The van der Waals surface area contributed by atoms with Crippen molar-refractivity contribution in [2.24, 2.45) is 5.73 Å². The van der Waals surface area contributed by atoms with Gasteiger partial charge in [-0.2, -0.15) is 0 Å². The molecule has 1 aromatic heterocycles. The Morgan fingerprint density at radius 2 is 2.38 bits per heavy atom. The molecule has 0 fully saturated rings. The van der Waals surface area contributed by atoms with Crippen LogP contribution in [-0.4, -0.2) is 0 Å². The number of rotatable bonds is 1. The van der Waals surface area contributed by atoms with Crippen LogP contribution in [-0.2, 0) is 6.54 Å². The molecule has 1 heterocycles. The summed E-state index contributed by atoms with van der Waals surface area (Å²) in [6.45, 7) is 0.445. The van der Waals surface area contributed by atoms with Gasteiger partial charge in [-0.25, -0.2) is 0 Å². The summed E-state index contributed by atoms with van der Waals surface area (Å²) < 4.78 is 4.97. The van der Waals surface area contributed by atoms with Gasteiger partial charge in [0.25, 0.3) is 0 Å². The van der Waals surface area contributed by atoms with Gasteiger partial charge in [-0.05, 0) is 12.1 Å². The second-order valence-electron chi connectivity index (χ2n) is 1.44. The molecule has 0 aliphatic carbocycles. The fraction of sp³-hybridized carbons (Fsp3) is 0.200. The zero-order chi connectivity index (χ0) is 5.98. The summed E-state index contributed by atoms with van der Waals surface area (Å²) in [5.74, 6) is 0.773. The second-order valence-corrected chi connectivity index (χ2v) is 1.88. The third kappa shape index (κ3) is 1.05. The third-order valence-electron chi connectivity index (χ3n) is 0.849. The molecule has 0 atom stereocenters. The van der Waals surface area contributed by atoms with Crippen LogP contribution in [0.25, 0.3) is 0 Å². The lowest BCUT2D eigenvalue weighted by Crippen LogP contribution is -1.92. The smallest absolute Gasteiger partial charge is 0.157 e. The molecule has 44 valence electrons. The van der Waals surface area contributed by atoms with Gasteiger partial charge in [0, 0.05) is 0 Å². The van der Waals surface area contributed by atoms with Crippen LogP contribution in [0.5, 0.6) is 0 Å². The maximum absolute atomic E-state index is 5.24. The topological polar surface area (TPSA) is 39.2 Å². The van der Waals surface area contributed by atoms with Crippen LogP contribution in [0.2, 0.25) is 0 Å². The van der Waals surface area contributed by atoms with Crippen molar-refractivity contribution in [2.45, 2.75) is 11.6 Å². The number of thiol groups is 1. The highest BCUT2D eigenvalue weighted by Crippen LogP contribution is 2.09. The molecule has 1 rings (SSSR count). The van der Waals surface area contributed by atoms with E-state index in [2.05, 4.69) is 12.6 Å². The van der Waals surface area contributed by atoms with Crippen LogP contribution >= 0.6 is 12.6 Å². The summed E-state index contributed by atoms with van der Waals surface area (Å²) in [4.78, 5) is 0. The standard InChI is InChI=1S/C5H7NOS/c6-3-4-1-2-5(8)7-4/h1-2,8H,3,6H2. The van der Waals surface area contributed by atoms with Crippen LogP contribution in [0.15, 0.2) is 21.6 Å². The largest absolute Gasteiger partial charge is 0.454 e. The van der Waals surface area contributed by atoms with Gasteiger partial charge in [0.1, 0.15) is 5.76 Å². The summed E-state index contributed by atoms with van der Waals surface area (Å²) in [5.41, 5.74) is 5.24. The third-order valence-corrected chi connectivity index (χ3v) is 1.09. The summed E-state index contributed by atoms with van der Waals surface area (Å²) in [7, 11) is 0. The first-order valence-electron chi connectivity index (χ1n) is 2.30. The van der Waals surface area contributed by atoms with Crippen molar-refractivity contribution in [3.05, 3.63) is 17.9 Å². The monoisotopic (exact) mass is 129 g/mol. The highest BCUT2D eigenvalue weighted by Gasteiger charge is 1.92. The Morgan fingerprint density at radius 1 is 1.62 bits per heavy atom. The van der Waals surface area contributed by atoms with Crippen molar-refractivity contribution < 1.29 is 4.42 Å². The lowest BCUT2D eigenvalue weighted by molar-refractivity contribution is 0.435. The van der Waals surface area contributed by atoms with Gasteiger partial charge in [0.15, 0.2) is 5.09 Å². The summed E-state index contributed by atoms with van der Waals surface area (Å²) in [6, 6.07) is 3.58. The molecule has 0 amide bonds. The van der Waals surface area contributed by atoms with E-state index in [0.717, 1.165) is 5.76 Å². The summed E-state index contributed by atoms with van der Waals surface area (Å²) in [6.07, 6.45) is 0. The molecule has 8 heavy (non-hydrogen) atoms. The molecule has 3 heteroatoms. The summed E-state index contributed by atoms with van der Waals surface area (Å²) >= 11 is 3.94. The van der Waals surface area contributed by atoms with Crippen LogP contribution < -0.4 is 5.73 Å². The van der Waals surface area contributed by atoms with E-state index in [4.69, 9.17) is 10.2 Å². The SMILES string of the molecule is NCc1ccc(S)o1. The predicted octanol–water partition coefficient (Wildman–Crippen LogP) is 1.03. The molecule has 0 saturated carbocycles. The van der Waals surface area contributed by atoms with Gasteiger partial charge in [-0.15, -0.1) is 12.6 Å². The molecule has 0 saturated heterocycles. The van der Waals surface area contributed by atoms with Gasteiger partial charge in [-0.1, -0.05) is 0 Å². The molecular weight excluding hydrogens is 122 g/mol. The van der Waals surface area contributed by atoms with E-state index in [1.54, 1.807) is 6.07 Å². The van der Waals surface area contributed by atoms with E-state index in [-0.39, 0.29) is 0 Å². The van der Waals surface area contributed by atoms with Crippen molar-refractivity contribution in [3.8, 4) is 0 Å². The van der Waals surface area contributed by atoms with E-state index in [1.807, 2.05) is 6.07 Å². The maximum atomic E-state index is 5.24. The fourth-order valence-electron chi connectivity index (χ4n) is 0.476. The van der Waals surface area contributed by atoms with E-state index in [1.165, 1.54) is 0 Å². The van der Waals surface area contributed by atoms with E-state index in [0.29, 0.717) is 11.6 Å². The Morgan fingerprint density at radius 3 is 2.62 bits per heavy atom. The zero-order valence-corrected chi connectivity index (χ0v) is 5.19. The average molecular weight is 129 g/mol. The van der Waals surface area contributed by atoms with Crippen LogP contribution in [0.1, 0.15) is 5.76 Å². The lowest BCUT2D eigenvalue weighted by atomic mass is 10.5. The van der Waals surface area contributed by atoms with Crippen LogP contribution in [0.3, 0.4) is 0 Å². The van der Waals surface area contributed by atoms with Gasteiger partial charge in [0.2, 0.25) is 0 Å². The number of hydrogen-bond acceptors (Lipinski definition) is 3. The number of furan rings is 1. The molecule has 1 aromatic rings. The van der Waals surface area contributed by atoms with Crippen LogP contribution in [0.4, 0.5) is 0 Å². The highest BCUT2D eigenvalue weighted by atomic mass is 32.1. The van der Waals surface area contributed by atoms with E-state index in [9.17, 15) is 0 Å². The van der Waals surface area contributed by atoms with Crippen molar-refractivity contribution in [3.63, 3.8) is 0 Å². The van der Waals surface area contributed by atoms with Crippen molar-refractivity contribution >= 4 is 12.6 Å². The minimum atomic E-state index is 0.445. The summed E-state index contributed by atoms with van der Waals surface area (Å²) in [5, 5.41) is 0.616. The van der Waals surface area contributed by atoms with E-state index < -0.39 is 0 Å². The van der Waals surface area contributed by atoms with Gasteiger partial charge in [-0.3, -0.25) is 0 Å². The average Bonchev–Trinajstić information content (AvgIpc) is 2.14. The number of hydrogen-bond donors (Lipinski definition) is 2. The molecule has 0 unspecified atom stereocenters. The first-order valence-corrected chi connectivity index (χ1v) is 2.75. The molecule has 0 spiro atoms. The molecule has 0 bridgehead atoms. The molecule has 0 aromatic carbocycles. The molecule has 0 aliphatic heterocycles. The minimum Gasteiger partial charge on any atom is -0.454 e.